The van der Waals surface area contributed by atoms with E-state index in [0.717, 1.165) is 11.3 Å². The van der Waals surface area contributed by atoms with Crippen LogP contribution in [-0.2, 0) is 15.1 Å². The predicted molar refractivity (Wildman–Crippen MR) is 124 cm³/mol. The van der Waals surface area contributed by atoms with Gasteiger partial charge in [-0.2, -0.15) is 0 Å². The predicted octanol–water partition coefficient (Wildman–Crippen LogP) is 3.15. The molecule has 0 fully saturated rings. The summed E-state index contributed by atoms with van der Waals surface area (Å²) in [7, 11) is 3.45. The van der Waals surface area contributed by atoms with Gasteiger partial charge in [0.05, 0.1) is 18.5 Å². The number of likely N-dealkylation sites (N-methyl/N-ethyl adjacent to an activating group) is 1. The van der Waals surface area contributed by atoms with E-state index in [0.29, 0.717) is 17.9 Å². The number of nitrogens with one attached hydrogen (secondary N) is 3. The second-order valence-corrected chi connectivity index (χ2v) is 7.33. The number of nitrogens with zero attached hydrogens (tertiary/aromatic N) is 2. The molecule has 1 aromatic carbocycles. The maximum Gasteiger partial charge on any atom is 0.238 e. The number of amidine groups is 1. The van der Waals surface area contributed by atoms with Crippen molar-refractivity contribution in [3.05, 3.63) is 66.0 Å². The van der Waals surface area contributed by atoms with Gasteiger partial charge in [-0.3, -0.25) is 14.6 Å². The van der Waals surface area contributed by atoms with E-state index >= 15 is 0 Å². The molecule has 2 amide bonds. The lowest BCUT2D eigenvalue weighted by atomic mass is 9.87. The molecule has 7 heteroatoms. The molecule has 30 heavy (non-hydrogen) atoms. The van der Waals surface area contributed by atoms with Crippen molar-refractivity contribution in [2.45, 2.75) is 32.7 Å². The smallest absolute Gasteiger partial charge is 0.238 e. The molecule has 0 bridgehead atoms. The Kier molecular flexibility index (Phi) is 8.12. The number of rotatable bonds is 4. The average molecular weight is 412 g/mol. The summed E-state index contributed by atoms with van der Waals surface area (Å²) in [6.45, 7) is 6.03. The Labute approximate surface area is 180 Å². The normalized spacial score (nSPS) is 21.5. The van der Waals surface area contributed by atoms with Crippen LogP contribution in [0.2, 0.25) is 0 Å². The highest BCUT2D eigenvalue weighted by Gasteiger charge is 2.35. The zero-order valence-electron chi connectivity index (χ0n) is 18.3. The molecule has 0 aromatic heterocycles. The number of dihydropyridines is 1. The maximum atomic E-state index is 12.1. The summed E-state index contributed by atoms with van der Waals surface area (Å²) < 4.78 is 0. The van der Waals surface area contributed by atoms with Gasteiger partial charge >= 0.3 is 0 Å². The number of allylic oxidation sites excluding steroid dienone is 4. The molecule has 0 aliphatic carbocycles. The standard InChI is InChI=1S/C16H22N4O2.C7H9N.H2/c1-11-19-16(2,9-15(22)20(11)4)12-6-5-7-13(8-12)18-14(21)10-17-3;1-2-7-5-3-4-6-8-7;/h5-8,17H,9-10H2,1-4H3,(H,18,21);2-6,8H,1H3;1H/b;7-2-;. The number of hydrogen-bond donors (Lipinski definition) is 3. The quantitative estimate of drug-likeness (QED) is 0.710. The van der Waals surface area contributed by atoms with Crippen LogP contribution >= 0.6 is 0 Å². The fourth-order valence-electron chi connectivity index (χ4n) is 3.12. The lowest BCUT2D eigenvalue weighted by Crippen LogP contribution is -2.42. The van der Waals surface area contributed by atoms with E-state index in [1.807, 2.05) is 75.5 Å². The van der Waals surface area contributed by atoms with Gasteiger partial charge in [0.25, 0.3) is 0 Å². The Morgan fingerprint density at radius 1 is 1.40 bits per heavy atom. The molecular weight excluding hydrogens is 378 g/mol. The number of amides is 2. The minimum atomic E-state index is -0.600. The van der Waals surface area contributed by atoms with Crippen LogP contribution in [0.25, 0.3) is 0 Å². The maximum absolute atomic E-state index is 12.1. The third kappa shape index (κ3) is 6.15. The molecule has 7 nitrogen and oxygen atoms in total. The van der Waals surface area contributed by atoms with E-state index in [4.69, 9.17) is 0 Å². The van der Waals surface area contributed by atoms with Gasteiger partial charge in [-0.25, -0.2) is 0 Å². The van der Waals surface area contributed by atoms with E-state index in [1.54, 1.807) is 19.0 Å². The number of carbonyl (C=O) groups excluding carboxylic acids is 2. The fourth-order valence-corrected chi connectivity index (χ4v) is 3.12. The van der Waals surface area contributed by atoms with Gasteiger partial charge in [0, 0.05) is 26.1 Å². The molecule has 2 aliphatic rings. The molecule has 3 N–H and O–H groups in total. The Morgan fingerprint density at radius 3 is 2.73 bits per heavy atom. The average Bonchev–Trinajstić information content (AvgIpc) is 2.73. The third-order valence-corrected chi connectivity index (χ3v) is 4.91. The lowest BCUT2D eigenvalue weighted by Gasteiger charge is -2.34. The van der Waals surface area contributed by atoms with Crippen molar-refractivity contribution < 1.29 is 11.0 Å². The van der Waals surface area contributed by atoms with Gasteiger partial charge in [-0.05, 0) is 57.7 Å². The summed E-state index contributed by atoms with van der Waals surface area (Å²) in [5.74, 6) is 0.631. The van der Waals surface area contributed by atoms with E-state index in [9.17, 15) is 9.59 Å². The van der Waals surface area contributed by atoms with Gasteiger partial charge in [-0.1, -0.05) is 24.3 Å². The Bertz CT molecular complexity index is 907. The second kappa shape index (κ2) is 10.5. The summed E-state index contributed by atoms with van der Waals surface area (Å²) in [5, 5.41) is 8.69. The Balaban J connectivity index is 0.000000450. The van der Waals surface area contributed by atoms with Crippen LogP contribution in [0.5, 0.6) is 0 Å². The monoisotopic (exact) mass is 411 g/mol. The molecule has 0 radical (unpaired) electrons. The van der Waals surface area contributed by atoms with Crippen LogP contribution in [0.15, 0.2) is 65.5 Å². The van der Waals surface area contributed by atoms with E-state index in [1.165, 1.54) is 0 Å². The summed E-state index contributed by atoms with van der Waals surface area (Å²) in [5.41, 5.74) is 2.18. The van der Waals surface area contributed by atoms with Crippen molar-refractivity contribution in [3.8, 4) is 0 Å². The first kappa shape index (κ1) is 23.1. The molecule has 1 atom stereocenters. The summed E-state index contributed by atoms with van der Waals surface area (Å²) in [6, 6.07) is 7.50. The first-order valence-corrected chi connectivity index (χ1v) is 9.93. The summed E-state index contributed by atoms with van der Waals surface area (Å²) in [6.07, 6.45) is 10.3. The van der Waals surface area contributed by atoms with Crippen molar-refractivity contribution in [3.63, 3.8) is 0 Å². The van der Waals surface area contributed by atoms with Crippen LogP contribution in [0.4, 0.5) is 5.69 Å². The minimum Gasteiger partial charge on any atom is -0.362 e. The highest BCUT2D eigenvalue weighted by atomic mass is 16.2. The van der Waals surface area contributed by atoms with Crippen LogP contribution in [-0.4, -0.2) is 43.2 Å². The number of benzene rings is 1. The van der Waals surface area contributed by atoms with Crippen molar-refractivity contribution in [1.82, 2.24) is 15.5 Å². The Morgan fingerprint density at radius 2 is 2.17 bits per heavy atom. The molecule has 0 saturated heterocycles. The zero-order valence-corrected chi connectivity index (χ0v) is 18.3. The second-order valence-electron chi connectivity index (χ2n) is 7.33. The first-order chi connectivity index (χ1) is 14.3. The molecule has 2 heterocycles. The first-order valence-electron chi connectivity index (χ1n) is 9.93. The topological polar surface area (TPSA) is 85.8 Å². The number of carbonyl (C=O) groups is 2. The van der Waals surface area contributed by atoms with Gasteiger partial charge < -0.3 is 20.9 Å². The molecule has 162 valence electrons. The van der Waals surface area contributed by atoms with Gasteiger partial charge in [0.1, 0.15) is 5.84 Å². The van der Waals surface area contributed by atoms with Gasteiger partial charge in [0.15, 0.2) is 0 Å². The van der Waals surface area contributed by atoms with Crippen LogP contribution in [0.1, 0.15) is 34.2 Å². The molecule has 1 aromatic rings. The SMILES string of the molecule is C/C=C1/C=CC=CN1.CNCC(=O)Nc1cccc(C2(C)CC(=O)N(C)C(C)=N2)c1.[HH]. The van der Waals surface area contributed by atoms with Crippen LogP contribution in [0, 0.1) is 0 Å². The fraction of sp³-hybridized carbons (Fsp3) is 0.348. The van der Waals surface area contributed by atoms with Crippen LogP contribution in [0.3, 0.4) is 0 Å². The number of aliphatic imine (C=N–C) groups is 1. The molecule has 1 unspecified atom stereocenters. The molecule has 2 aliphatic heterocycles. The van der Waals surface area contributed by atoms with Crippen LogP contribution < -0.4 is 16.0 Å². The minimum absolute atomic E-state index is 0. The van der Waals surface area contributed by atoms with Gasteiger partial charge in [-0.15, -0.1) is 0 Å². The van der Waals surface area contributed by atoms with E-state index in [-0.39, 0.29) is 19.8 Å². The lowest BCUT2D eigenvalue weighted by molar-refractivity contribution is -0.128. The van der Waals surface area contributed by atoms with Crippen molar-refractivity contribution in [2.75, 3.05) is 26.0 Å². The Hall–Kier alpha value is -3.19. The van der Waals surface area contributed by atoms with Crippen molar-refractivity contribution in [2.24, 2.45) is 4.99 Å². The number of anilines is 1. The zero-order chi connectivity index (χ0) is 22.1. The van der Waals surface area contributed by atoms with E-state index in [2.05, 4.69) is 20.9 Å². The number of hydrogen-bond acceptors (Lipinski definition) is 5. The molecule has 0 saturated carbocycles. The highest BCUT2D eigenvalue weighted by molar-refractivity contribution is 5.99. The summed E-state index contributed by atoms with van der Waals surface area (Å²) in [4.78, 5) is 30.0. The highest BCUT2D eigenvalue weighted by Crippen LogP contribution is 2.34. The molecule has 0 spiro atoms. The van der Waals surface area contributed by atoms with E-state index < -0.39 is 5.54 Å². The summed E-state index contributed by atoms with van der Waals surface area (Å²) >= 11 is 0. The third-order valence-electron chi connectivity index (χ3n) is 4.91. The van der Waals surface area contributed by atoms with Crippen molar-refractivity contribution in [1.29, 1.82) is 0 Å². The van der Waals surface area contributed by atoms with Gasteiger partial charge in [0.2, 0.25) is 11.8 Å². The molecular formula is C23H33N5O2. The largest absolute Gasteiger partial charge is 0.362 e. The van der Waals surface area contributed by atoms with Crippen molar-refractivity contribution >= 4 is 23.3 Å². The molecule has 3 rings (SSSR count).